The number of phosphoric ester groups is 2. The third-order valence-corrected chi connectivity index (χ3v) is 11.9. The van der Waals surface area contributed by atoms with Gasteiger partial charge in [-0.05, 0) is 0 Å². The van der Waals surface area contributed by atoms with E-state index >= 15 is 0 Å². The number of fused-ring (bicyclic) bond motifs is 1. The molecule has 7 rings (SSSR count). The number of nitrogens with two attached hydrogens (primary N) is 1. The first-order chi connectivity index (χ1) is 29.6. The lowest BCUT2D eigenvalue weighted by atomic mass is 10.1. The van der Waals surface area contributed by atoms with Crippen molar-refractivity contribution in [3.63, 3.8) is 0 Å². The van der Waals surface area contributed by atoms with Crippen LogP contribution in [-0.4, -0.2) is 148 Å². The summed E-state index contributed by atoms with van der Waals surface area (Å²) in [5, 5.41) is 43.6. The number of phosphoric acid groups is 2. The minimum Gasteiger partial charge on any atom is -0.387 e. The van der Waals surface area contributed by atoms with Crippen LogP contribution in [0.3, 0.4) is 0 Å². The zero-order chi connectivity index (χ0) is 45.7. The van der Waals surface area contributed by atoms with Gasteiger partial charge in [0, 0.05) is 29.1 Å². The second-order valence-corrected chi connectivity index (χ2v) is 17.2. The minimum atomic E-state index is -5.52. The number of rotatable bonds is 16. The first-order valence-corrected chi connectivity index (χ1v) is 21.9. The molecule has 4 aromatic rings. The summed E-state index contributed by atoms with van der Waals surface area (Å²) in [5.74, 6) is -0.407. The summed E-state index contributed by atoms with van der Waals surface area (Å²) in [6.45, 7) is -3.09. The minimum absolute atomic E-state index is 0.286. The van der Waals surface area contributed by atoms with E-state index in [1.54, 1.807) is 0 Å². The van der Waals surface area contributed by atoms with Gasteiger partial charge in [0.1, 0.15) is 61.5 Å². The zero-order valence-electron chi connectivity index (χ0n) is 31.3. The van der Waals surface area contributed by atoms with Gasteiger partial charge in [-0.25, -0.2) is 23.7 Å². The van der Waals surface area contributed by atoms with E-state index in [2.05, 4.69) is 19.5 Å². The highest BCUT2D eigenvalue weighted by molar-refractivity contribution is 7.47. The monoisotopic (exact) mass is 958 g/mol. The topological polar surface area (TPSA) is 466 Å². The molecule has 12 N–H and O–H groups in total. The summed E-state index contributed by atoms with van der Waals surface area (Å²) in [7, 11) is -14.3. The highest BCUT2D eigenvalue weighted by Crippen LogP contribution is 2.52. The summed E-state index contributed by atoms with van der Waals surface area (Å²) in [6.07, 6.45) is -19.4. The highest BCUT2D eigenvalue weighted by Gasteiger charge is 2.53. The fourth-order valence-corrected chi connectivity index (χ4v) is 8.95. The Balaban J connectivity index is 1.10. The van der Waals surface area contributed by atoms with Crippen molar-refractivity contribution in [1.82, 2.24) is 38.6 Å². The maximum absolute atomic E-state index is 13.4. The molecule has 0 radical (unpaired) electrons. The normalized spacial score (nSPS) is 31.9. The van der Waals surface area contributed by atoms with E-state index in [0.29, 0.717) is 4.57 Å². The van der Waals surface area contributed by atoms with Gasteiger partial charge in [0.25, 0.3) is 16.7 Å². The average molecular weight is 959 g/mol. The Bertz CT molecular complexity index is 2760. The van der Waals surface area contributed by atoms with E-state index in [1.165, 1.54) is 0 Å². The quantitative estimate of drug-likeness (QED) is 0.0467. The first kappa shape index (κ1) is 46.5. The van der Waals surface area contributed by atoms with Crippen LogP contribution in [0.5, 0.6) is 0 Å². The molecule has 344 valence electrons. The largest absolute Gasteiger partial charge is 0.694 e. The number of aromatic amines is 3. The Morgan fingerprint density at radius 3 is 1.71 bits per heavy atom. The Hall–Kier alpha value is -4.53. The number of ether oxygens (including phenoxy) is 3. The van der Waals surface area contributed by atoms with Crippen LogP contribution in [0.2, 0.25) is 0 Å². The van der Waals surface area contributed by atoms with Gasteiger partial charge in [0.05, 0.1) is 19.5 Å². The van der Waals surface area contributed by atoms with Crippen LogP contribution in [0.15, 0.2) is 54.8 Å². The number of aliphatic hydroxyl groups excluding tert-OH is 4. The van der Waals surface area contributed by atoms with Crippen molar-refractivity contribution >= 4 is 41.0 Å². The number of aliphatic hydroxyl groups is 4. The van der Waals surface area contributed by atoms with Crippen LogP contribution >= 0.6 is 23.9 Å². The van der Waals surface area contributed by atoms with Crippen LogP contribution in [0.4, 0.5) is 5.95 Å². The number of nitrogen functional groups attached to an aromatic ring is 1. The van der Waals surface area contributed by atoms with E-state index in [-0.39, 0.29) is 11.2 Å². The Morgan fingerprint density at radius 2 is 1.19 bits per heavy atom. The number of aromatic nitrogens is 8. The summed E-state index contributed by atoms with van der Waals surface area (Å²) < 4.78 is 82.3. The fraction of sp³-hybridized carbons (Fsp3) is 0.536. The number of imidazole rings is 1. The third kappa shape index (κ3) is 9.93. The van der Waals surface area contributed by atoms with E-state index in [0.717, 1.165) is 40.0 Å². The van der Waals surface area contributed by atoms with Crippen molar-refractivity contribution in [3.05, 3.63) is 82.9 Å². The molecule has 15 atom stereocenters. The fourth-order valence-electron chi connectivity index (χ4n) is 6.75. The first-order valence-electron chi connectivity index (χ1n) is 17.8. The average Bonchev–Trinajstić information content (AvgIpc) is 3.92. The van der Waals surface area contributed by atoms with E-state index in [1.807, 2.05) is 9.97 Å². The molecule has 3 saturated heterocycles. The van der Waals surface area contributed by atoms with E-state index in [4.69, 9.17) is 38.0 Å². The lowest BCUT2D eigenvalue weighted by molar-refractivity contribution is -0.0628. The molecule has 4 aromatic heterocycles. The maximum atomic E-state index is 13.4. The van der Waals surface area contributed by atoms with Crippen LogP contribution < -0.4 is 33.8 Å². The molecule has 0 aromatic carbocycles. The summed E-state index contributed by atoms with van der Waals surface area (Å²) in [4.78, 5) is 105. The predicted molar refractivity (Wildman–Crippen MR) is 198 cm³/mol. The molecule has 0 spiro atoms. The summed E-state index contributed by atoms with van der Waals surface area (Å²) in [5.41, 5.74) is 0.499. The summed E-state index contributed by atoms with van der Waals surface area (Å²) >= 11 is 0. The van der Waals surface area contributed by atoms with E-state index in [9.17, 15) is 72.8 Å². The van der Waals surface area contributed by atoms with Gasteiger partial charge in [-0.15, -0.1) is 9.42 Å². The Kier molecular flexibility index (Phi) is 13.4. The molecule has 32 nitrogen and oxygen atoms in total. The molecule has 35 heteroatoms. The Labute approximate surface area is 347 Å². The van der Waals surface area contributed by atoms with Crippen molar-refractivity contribution in [2.75, 3.05) is 25.6 Å². The van der Waals surface area contributed by atoms with Gasteiger partial charge < -0.3 is 50.2 Å². The van der Waals surface area contributed by atoms with Crippen LogP contribution in [0, 0.1) is 0 Å². The molecular weight excluding hydrogens is 923 g/mol. The van der Waals surface area contributed by atoms with Crippen molar-refractivity contribution in [3.8, 4) is 0 Å². The number of nitrogens with one attached hydrogen (secondary N) is 3. The van der Waals surface area contributed by atoms with Gasteiger partial charge >= 0.3 is 35.3 Å². The number of nitrogens with zero attached hydrogens (tertiary/aromatic N) is 5. The SMILES string of the molecule is Nc1nc2c(ncn2[C@@H]2O[C@H](COP(=O)(O)O[C@H]3[C@@H](O)[C@H](n4ccc(=O)[nH]c4=O)O[C@@H]3CO[P+](=O)O)[C@@H](OP(=O)(O)OC[C@H]3O[C@@H](n4ccc(=O)[nH]c4=O)[C@H](O)[C@@H]3O)[C@H]2O)c(=O)[nH]1. The van der Waals surface area contributed by atoms with Crippen LogP contribution in [-0.2, 0) is 50.5 Å². The second-order valence-electron chi connectivity index (χ2n) is 13.7. The molecule has 63 heavy (non-hydrogen) atoms. The molecule has 0 amide bonds. The second kappa shape index (κ2) is 18.2. The van der Waals surface area contributed by atoms with Crippen molar-refractivity contribution < 1.29 is 85.6 Å². The standard InChI is InChI=1S/C28H34N9O23P3/c29-26-33-21-14(22(44)34-26)30-8-37(21)25-18(43)20(60-62(49,50)54-6-9-15(40)16(41)23(56-9)35-3-1-12(38)31-27(35)45)11(58-25)7-55-63(51,52)59-19-10(5-53-61(47)48)57-24(17(19)42)36-4-2-13(39)32-28(36)46/h1-4,8-11,15-20,23-25,40-43H,5-7H2,(H7-,29,31,32,33,34,38,39,44,45,46,47,48,49,50,51,52)/p+1/t9-,10-,11-,15-,16-,17-,18-,19-,20-,23-,24-,25-/m1/s1. The number of H-pyrrole nitrogens is 3. The molecule has 0 aliphatic carbocycles. The molecule has 3 fully saturated rings. The third-order valence-electron chi connectivity index (χ3n) is 9.59. The van der Waals surface area contributed by atoms with Crippen LogP contribution in [0.25, 0.3) is 11.2 Å². The maximum Gasteiger partial charge on any atom is 0.694 e. The van der Waals surface area contributed by atoms with Gasteiger partial charge in [-0.2, -0.15) is 4.98 Å². The molecule has 7 heterocycles. The van der Waals surface area contributed by atoms with Crippen molar-refractivity contribution in [2.45, 2.75) is 73.6 Å². The molecule has 3 aliphatic rings. The highest BCUT2D eigenvalue weighted by atomic mass is 31.2. The van der Waals surface area contributed by atoms with Crippen molar-refractivity contribution in [2.24, 2.45) is 0 Å². The molecular formula is C28H35N9O23P3+. The van der Waals surface area contributed by atoms with Gasteiger partial charge in [0.15, 0.2) is 29.8 Å². The lowest BCUT2D eigenvalue weighted by Gasteiger charge is -2.25. The van der Waals surface area contributed by atoms with E-state index < -0.39 is 151 Å². The van der Waals surface area contributed by atoms with Crippen molar-refractivity contribution in [1.29, 1.82) is 0 Å². The number of anilines is 1. The predicted octanol–water partition coefficient (Wildman–Crippen LogP) is -5.39. The van der Waals surface area contributed by atoms with Crippen LogP contribution in [0.1, 0.15) is 18.7 Å². The number of hydrogen-bond acceptors (Lipinski definition) is 23. The molecule has 0 saturated carbocycles. The summed E-state index contributed by atoms with van der Waals surface area (Å²) in [6, 6.07) is 1.79. The molecule has 3 unspecified atom stereocenters. The lowest BCUT2D eigenvalue weighted by Crippen LogP contribution is -2.39. The molecule has 3 aliphatic heterocycles. The van der Waals surface area contributed by atoms with Gasteiger partial charge in [-0.1, -0.05) is 0 Å². The smallest absolute Gasteiger partial charge is 0.387 e. The molecule has 0 bridgehead atoms. The van der Waals surface area contributed by atoms with Gasteiger partial charge in [0.2, 0.25) is 5.95 Å². The Morgan fingerprint density at radius 1 is 0.714 bits per heavy atom. The zero-order valence-corrected chi connectivity index (χ0v) is 33.9. The van der Waals surface area contributed by atoms with Gasteiger partial charge in [-0.3, -0.25) is 61.1 Å². The number of hydrogen-bond donors (Lipinski definition) is 11.